The molecule has 3 rings (SSSR count). The molecular weight excluding hydrogens is 311 g/mol. The predicted octanol–water partition coefficient (Wildman–Crippen LogP) is 4.53. The van der Waals surface area contributed by atoms with Gasteiger partial charge in [-0.2, -0.15) is 13.2 Å². The Morgan fingerprint density at radius 3 is 2.55 bits per heavy atom. The first-order valence-corrected chi connectivity index (χ1v) is 7.64. The summed E-state index contributed by atoms with van der Waals surface area (Å²) in [4.78, 5) is 13.4. The molecule has 22 heavy (non-hydrogen) atoms. The summed E-state index contributed by atoms with van der Waals surface area (Å²) in [7, 11) is 0. The zero-order valence-electron chi connectivity index (χ0n) is 11.4. The fourth-order valence-electron chi connectivity index (χ4n) is 2.44. The highest BCUT2D eigenvalue weighted by atomic mass is 32.2. The first-order valence-electron chi connectivity index (χ1n) is 6.65. The molecule has 0 saturated heterocycles. The number of thioether (sulfide) groups is 1. The molecule has 1 heterocycles. The average molecular weight is 323 g/mol. The van der Waals surface area contributed by atoms with E-state index in [0.717, 1.165) is 16.5 Å². The van der Waals surface area contributed by atoms with E-state index in [0.29, 0.717) is 5.75 Å². The van der Waals surface area contributed by atoms with Gasteiger partial charge in [-0.15, -0.1) is 11.8 Å². The molecule has 0 saturated carbocycles. The molecule has 1 aliphatic rings. The number of rotatable bonds is 2. The van der Waals surface area contributed by atoms with E-state index in [4.69, 9.17) is 0 Å². The summed E-state index contributed by atoms with van der Waals surface area (Å²) in [6.07, 6.45) is -4.49. The molecule has 2 nitrogen and oxygen atoms in total. The summed E-state index contributed by atoms with van der Waals surface area (Å²) in [5.41, 5.74) is -0.161. The lowest BCUT2D eigenvalue weighted by Crippen LogP contribution is -2.23. The van der Waals surface area contributed by atoms with Crippen molar-refractivity contribution in [1.29, 1.82) is 0 Å². The van der Waals surface area contributed by atoms with Crippen LogP contribution in [0.25, 0.3) is 0 Å². The van der Waals surface area contributed by atoms with E-state index in [2.05, 4.69) is 5.32 Å². The summed E-state index contributed by atoms with van der Waals surface area (Å²) in [5.74, 6) is -0.295. The number of fused-ring (bicyclic) bond motifs is 1. The number of nitrogens with one attached hydrogen (secondary N) is 1. The van der Waals surface area contributed by atoms with Crippen LogP contribution in [0.4, 0.5) is 18.9 Å². The Balaban J connectivity index is 1.85. The molecule has 1 N–H and O–H groups in total. The van der Waals surface area contributed by atoms with Gasteiger partial charge >= 0.3 is 6.18 Å². The van der Waals surface area contributed by atoms with E-state index >= 15 is 0 Å². The highest BCUT2D eigenvalue weighted by Gasteiger charge is 2.35. The number of benzene rings is 2. The van der Waals surface area contributed by atoms with Crippen molar-refractivity contribution in [3.63, 3.8) is 0 Å². The molecule has 6 heteroatoms. The second kappa shape index (κ2) is 5.68. The first-order chi connectivity index (χ1) is 10.5. The first kappa shape index (κ1) is 15.0. The van der Waals surface area contributed by atoms with Crippen LogP contribution in [-0.4, -0.2) is 11.7 Å². The van der Waals surface area contributed by atoms with E-state index in [-0.39, 0.29) is 5.69 Å². The fourth-order valence-corrected chi connectivity index (χ4v) is 3.67. The highest BCUT2D eigenvalue weighted by Crippen LogP contribution is 2.40. The van der Waals surface area contributed by atoms with Gasteiger partial charge in [0.2, 0.25) is 5.91 Å². The van der Waals surface area contributed by atoms with Gasteiger partial charge in [0.25, 0.3) is 0 Å². The van der Waals surface area contributed by atoms with Crippen molar-refractivity contribution in [2.45, 2.75) is 17.0 Å². The quantitative estimate of drug-likeness (QED) is 0.879. The summed E-state index contributed by atoms with van der Waals surface area (Å²) in [6.45, 7) is 0. The van der Waals surface area contributed by atoms with Gasteiger partial charge in [-0.05, 0) is 23.8 Å². The lowest BCUT2D eigenvalue weighted by molar-refractivity contribution is -0.137. The molecule has 1 aliphatic heterocycles. The molecular formula is C16H12F3NOS. The van der Waals surface area contributed by atoms with Crippen LogP contribution < -0.4 is 5.32 Å². The Morgan fingerprint density at radius 2 is 1.77 bits per heavy atom. The van der Waals surface area contributed by atoms with Gasteiger partial charge in [-0.25, -0.2) is 0 Å². The Kier molecular flexibility index (Phi) is 3.87. The largest absolute Gasteiger partial charge is 0.418 e. The maximum Gasteiger partial charge on any atom is 0.418 e. The molecule has 0 unspecified atom stereocenters. The van der Waals surface area contributed by atoms with Crippen LogP contribution in [0.2, 0.25) is 0 Å². The number of anilines is 1. The van der Waals surface area contributed by atoms with Crippen molar-refractivity contribution in [3.05, 3.63) is 59.7 Å². The third-order valence-corrected chi connectivity index (χ3v) is 4.69. The molecule has 0 spiro atoms. The Hall–Kier alpha value is -1.95. The molecule has 1 atom stereocenters. The van der Waals surface area contributed by atoms with Crippen molar-refractivity contribution in [1.82, 2.24) is 0 Å². The third kappa shape index (κ3) is 2.83. The van der Waals surface area contributed by atoms with Gasteiger partial charge in [0, 0.05) is 10.6 Å². The van der Waals surface area contributed by atoms with E-state index in [1.54, 1.807) is 11.8 Å². The fraction of sp³-hybridized carbons (Fsp3) is 0.188. The smallest absolute Gasteiger partial charge is 0.325 e. The van der Waals surface area contributed by atoms with Gasteiger partial charge in [-0.3, -0.25) is 4.79 Å². The van der Waals surface area contributed by atoms with Crippen LogP contribution in [0.5, 0.6) is 0 Å². The monoisotopic (exact) mass is 323 g/mol. The van der Waals surface area contributed by atoms with Gasteiger partial charge in [0.05, 0.1) is 17.2 Å². The van der Waals surface area contributed by atoms with Crippen LogP contribution in [0.15, 0.2) is 53.4 Å². The normalized spacial score (nSPS) is 17.1. The van der Waals surface area contributed by atoms with Gasteiger partial charge < -0.3 is 5.32 Å². The second-order valence-electron chi connectivity index (χ2n) is 4.93. The molecule has 0 fully saturated rings. The Labute approximate surface area is 129 Å². The van der Waals surface area contributed by atoms with Crippen molar-refractivity contribution < 1.29 is 18.0 Å². The van der Waals surface area contributed by atoms with E-state index in [9.17, 15) is 18.0 Å². The topological polar surface area (TPSA) is 29.1 Å². The number of para-hydroxylation sites is 1. The lowest BCUT2D eigenvalue weighted by atomic mass is 10.00. The number of hydrogen-bond acceptors (Lipinski definition) is 2. The van der Waals surface area contributed by atoms with Crippen LogP contribution in [-0.2, 0) is 11.0 Å². The molecule has 0 bridgehead atoms. The average Bonchev–Trinajstić information content (AvgIpc) is 2.90. The molecule has 114 valence electrons. The van der Waals surface area contributed by atoms with Crippen LogP contribution in [0, 0.1) is 0 Å². The molecule has 2 aromatic carbocycles. The zero-order chi connectivity index (χ0) is 15.7. The van der Waals surface area contributed by atoms with Crippen molar-refractivity contribution in [2.24, 2.45) is 0 Å². The number of alkyl halides is 3. The van der Waals surface area contributed by atoms with Crippen molar-refractivity contribution in [2.75, 3.05) is 11.1 Å². The predicted molar refractivity (Wildman–Crippen MR) is 80.0 cm³/mol. The maximum absolute atomic E-state index is 13.0. The van der Waals surface area contributed by atoms with Gasteiger partial charge in [0.15, 0.2) is 0 Å². The maximum atomic E-state index is 13.0. The van der Waals surface area contributed by atoms with Crippen LogP contribution >= 0.6 is 11.8 Å². The second-order valence-corrected chi connectivity index (χ2v) is 6.00. The standard InChI is InChI=1S/C16H12F3NOS/c17-16(18,19)12-6-2-3-7-13(12)20-15(21)11-9-22-14-8-4-1-5-10(11)14/h1-8,11H,9H2,(H,20,21)/t11-/m1/s1. The molecule has 2 aromatic rings. The van der Waals surface area contributed by atoms with Gasteiger partial charge in [-0.1, -0.05) is 30.3 Å². The van der Waals surface area contributed by atoms with Crippen molar-refractivity contribution in [3.8, 4) is 0 Å². The van der Waals surface area contributed by atoms with Crippen molar-refractivity contribution >= 4 is 23.4 Å². The van der Waals surface area contributed by atoms with Gasteiger partial charge in [0.1, 0.15) is 0 Å². The molecule has 1 amide bonds. The molecule has 0 radical (unpaired) electrons. The van der Waals surface area contributed by atoms with Crippen LogP contribution in [0.1, 0.15) is 17.0 Å². The SMILES string of the molecule is O=C(Nc1ccccc1C(F)(F)F)[C@@H]1CSc2ccccc21. The lowest BCUT2D eigenvalue weighted by Gasteiger charge is -2.16. The Morgan fingerprint density at radius 1 is 1.09 bits per heavy atom. The summed E-state index contributed by atoms with van der Waals surface area (Å²) in [5, 5.41) is 2.43. The summed E-state index contributed by atoms with van der Waals surface area (Å²) >= 11 is 1.54. The zero-order valence-corrected chi connectivity index (χ0v) is 12.2. The minimum atomic E-state index is -4.49. The third-order valence-electron chi connectivity index (χ3n) is 3.51. The minimum Gasteiger partial charge on any atom is -0.325 e. The highest BCUT2D eigenvalue weighted by molar-refractivity contribution is 7.99. The molecule has 0 aliphatic carbocycles. The van der Waals surface area contributed by atoms with E-state index < -0.39 is 23.6 Å². The number of hydrogen-bond donors (Lipinski definition) is 1. The summed E-state index contributed by atoms with van der Waals surface area (Å²) in [6, 6.07) is 12.5. The number of halogens is 3. The minimum absolute atomic E-state index is 0.200. The Bertz CT molecular complexity index is 715. The number of carbonyl (C=O) groups excluding carboxylic acids is 1. The summed E-state index contributed by atoms with van der Waals surface area (Å²) < 4.78 is 38.9. The molecule has 0 aromatic heterocycles. The number of carbonyl (C=O) groups is 1. The van der Waals surface area contributed by atoms with Crippen LogP contribution in [0.3, 0.4) is 0 Å². The van der Waals surface area contributed by atoms with E-state index in [1.165, 1.54) is 18.2 Å². The van der Waals surface area contributed by atoms with E-state index in [1.807, 2.05) is 24.3 Å². The number of amides is 1.